The van der Waals surface area contributed by atoms with Gasteiger partial charge in [0.1, 0.15) is 11.6 Å². The highest BCUT2D eigenvalue weighted by atomic mass is 32.2. The van der Waals surface area contributed by atoms with Crippen molar-refractivity contribution in [1.82, 2.24) is 10.1 Å². The summed E-state index contributed by atoms with van der Waals surface area (Å²) < 4.78 is 23.6. The third kappa shape index (κ3) is 2.91. The number of aromatic nitrogens is 2. The fourth-order valence-electron chi connectivity index (χ4n) is 1.69. The van der Waals surface area contributed by atoms with E-state index < -0.39 is 0 Å². The van der Waals surface area contributed by atoms with Gasteiger partial charge in [-0.1, -0.05) is 16.9 Å². The van der Waals surface area contributed by atoms with Crippen molar-refractivity contribution in [3.8, 4) is 11.3 Å². The number of thioether (sulfide) groups is 1. The van der Waals surface area contributed by atoms with Crippen molar-refractivity contribution in [3.05, 3.63) is 53.8 Å². The number of halogens is 1. The number of benzene rings is 1. The molecule has 6 heteroatoms. The Balaban J connectivity index is 1.69. The summed E-state index contributed by atoms with van der Waals surface area (Å²) in [6.07, 6.45) is 1.63. The van der Waals surface area contributed by atoms with Crippen LogP contribution in [0, 0.1) is 12.7 Å². The summed E-state index contributed by atoms with van der Waals surface area (Å²) >= 11 is 1.42. The first-order chi connectivity index (χ1) is 9.70. The van der Waals surface area contributed by atoms with E-state index in [0.717, 1.165) is 17.0 Å². The summed E-state index contributed by atoms with van der Waals surface area (Å²) in [7, 11) is 0. The van der Waals surface area contributed by atoms with Crippen LogP contribution in [0.2, 0.25) is 0 Å². The maximum Gasteiger partial charge on any atom is 0.256 e. The summed E-state index contributed by atoms with van der Waals surface area (Å²) in [4.78, 5) is 4.18. The van der Waals surface area contributed by atoms with Crippen molar-refractivity contribution >= 4 is 11.8 Å². The molecule has 0 aliphatic heterocycles. The molecule has 0 fully saturated rings. The second-order valence-corrected chi connectivity index (χ2v) is 5.15. The van der Waals surface area contributed by atoms with E-state index in [2.05, 4.69) is 10.1 Å². The van der Waals surface area contributed by atoms with Crippen LogP contribution in [0.15, 0.2) is 50.7 Å². The Morgan fingerprint density at radius 3 is 2.75 bits per heavy atom. The lowest BCUT2D eigenvalue weighted by Gasteiger charge is -1.95. The van der Waals surface area contributed by atoms with E-state index in [-0.39, 0.29) is 5.82 Å². The van der Waals surface area contributed by atoms with E-state index in [1.165, 1.54) is 23.9 Å². The second-order valence-electron chi connectivity index (χ2n) is 4.22. The Kier molecular flexibility index (Phi) is 3.56. The zero-order chi connectivity index (χ0) is 13.9. The lowest BCUT2D eigenvalue weighted by molar-refractivity contribution is 0.390. The minimum atomic E-state index is -0.274. The quantitative estimate of drug-likeness (QED) is 0.678. The second kappa shape index (κ2) is 5.50. The maximum atomic E-state index is 12.9. The highest BCUT2D eigenvalue weighted by Gasteiger charge is 2.09. The Labute approximate surface area is 119 Å². The van der Waals surface area contributed by atoms with Gasteiger partial charge in [-0.3, -0.25) is 0 Å². The van der Waals surface area contributed by atoms with E-state index in [9.17, 15) is 4.39 Å². The van der Waals surface area contributed by atoms with Crippen LogP contribution < -0.4 is 0 Å². The van der Waals surface area contributed by atoms with Crippen molar-refractivity contribution in [1.29, 1.82) is 0 Å². The molecule has 0 aliphatic rings. The highest BCUT2D eigenvalue weighted by Crippen LogP contribution is 2.27. The maximum absolute atomic E-state index is 12.9. The van der Waals surface area contributed by atoms with Gasteiger partial charge in [-0.15, -0.1) is 0 Å². The Morgan fingerprint density at radius 2 is 2.05 bits per heavy atom. The number of nitrogens with zero attached hydrogens (tertiary/aromatic N) is 2. The minimum Gasteiger partial charge on any atom is -0.431 e. The molecule has 3 rings (SSSR count). The van der Waals surface area contributed by atoms with Crippen molar-refractivity contribution < 1.29 is 13.3 Å². The van der Waals surface area contributed by atoms with E-state index >= 15 is 0 Å². The molecule has 2 heterocycles. The van der Waals surface area contributed by atoms with Crippen LogP contribution in [0.3, 0.4) is 0 Å². The molecule has 4 nitrogen and oxygen atoms in total. The van der Waals surface area contributed by atoms with Gasteiger partial charge in [0.05, 0.1) is 17.6 Å². The Morgan fingerprint density at radius 1 is 1.25 bits per heavy atom. The average Bonchev–Trinajstić information content (AvgIpc) is 3.06. The van der Waals surface area contributed by atoms with E-state index in [4.69, 9.17) is 8.94 Å². The predicted octanol–water partition coefficient (Wildman–Crippen LogP) is 4.07. The van der Waals surface area contributed by atoms with Gasteiger partial charge in [0, 0.05) is 11.6 Å². The molecule has 3 aromatic rings. The first-order valence-electron chi connectivity index (χ1n) is 5.97. The summed E-state index contributed by atoms with van der Waals surface area (Å²) in [5.41, 5.74) is 1.64. The number of oxazole rings is 1. The molecule has 0 aliphatic carbocycles. The molecule has 0 saturated carbocycles. The first kappa shape index (κ1) is 12.9. The third-order valence-corrected chi connectivity index (χ3v) is 3.49. The van der Waals surface area contributed by atoms with Gasteiger partial charge in [0.15, 0.2) is 5.76 Å². The lowest BCUT2D eigenvalue weighted by atomic mass is 10.2. The van der Waals surface area contributed by atoms with Crippen LogP contribution in [0.25, 0.3) is 11.3 Å². The van der Waals surface area contributed by atoms with Crippen LogP contribution in [0.1, 0.15) is 11.5 Å². The lowest BCUT2D eigenvalue weighted by Crippen LogP contribution is -1.76. The van der Waals surface area contributed by atoms with Crippen LogP contribution >= 0.6 is 11.8 Å². The van der Waals surface area contributed by atoms with Crippen LogP contribution in [0.5, 0.6) is 0 Å². The smallest absolute Gasteiger partial charge is 0.256 e. The van der Waals surface area contributed by atoms with Crippen molar-refractivity contribution in [2.75, 3.05) is 0 Å². The van der Waals surface area contributed by atoms with E-state index in [1.807, 2.05) is 13.0 Å². The average molecular weight is 290 g/mol. The van der Waals surface area contributed by atoms with Gasteiger partial charge in [-0.05, 0) is 31.2 Å². The van der Waals surface area contributed by atoms with E-state index in [1.54, 1.807) is 18.3 Å². The minimum absolute atomic E-state index is 0.274. The topological polar surface area (TPSA) is 52.1 Å². The summed E-state index contributed by atoms with van der Waals surface area (Å²) in [5.74, 6) is 1.71. The van der Waals surface area contributed by atoms with Crippen LogP contribution in [-0.4, -0.2) is 10.1 Å². The van der Waals surface area contributed by atoms with Gasteiger partial charge in [-0.25, -0.2) is 9.37 Å². The molecule has 0 amide bonds. The molecular weight excluding hydrogens is 279 g/mol. The molecule has 0 N–H and O–H groups in total. The molecule has 0 unspecified atom stereocenters. The Bertz CT molecular complexity index is 706. The largest absolute Gasteiger partial charge is 0.431 e. The molecule has 0 saturated heterocycles. The van der Waals surface area contributed by atoms with Crippen molar-refractivity contribution in [3.63, 3.8) is 0 Å². The first-order valence-corrected chi connectivity index (χ1v) is 6.96. The molecule has 20 heavy (non-hydrogen) atoms. The number of aryl methyl sites for hydroxylation is 1. The standard InChI is InChI=1S/C14H11FN2O2S/c1-9-6-12(19-17-9)8-20-14-16-7-13(18-14)10-2-4-11(15)5-3-10/h2-7H,8H2,1H3. The number of hydrogen-bond donors (Lipinski definition) is 0. The van der Waals surface area contributed by atoms with Crippen molar-refractivity contribution in [2.24, 2.45) is 0 Å². The zero-order valence-electron chi connectivity index (χ0n) is 10.7. The summed E-state index contributed by atoms with van der Waals surface area (Å²) in [6.45, 7) is 1.87. The van der Waals surface area contributed by atoms with E-state index in [0.29, 0.717) is 16.7 Å². The molecule has 0 spiro atoms. The Hall–Kier alpha value is -2.08. The molecular formula is C14H11FN2O2S. The number of rotatable bonds is 4. The highest BCUT2D eigenvalue weighted by molar-refractivity contribution is 7.98. The van der Waals surface area contributed by atoms with Gasteiger partial charge in [0.2, 0.25) is 0 Å². The molecule has 0 bridgehead atoms. The predicted molar refractivity (Wildman–Crippen MR) is 72.7 cm³/mol. The zero-order valence-corrected chi connectivity index (χ0v) is 11.5. The summed E-state index contributed by atoms with van der Waals surface area (Å²) in [6, 6.07) is 7.97. The molecule has 1 aromatic carbocycles. The fourth-order valence-corrected chi connectivity index (χ4v) is 2.37. The van der Waals surface area contributed by atoms with Gasteiger partial charge in [0.25, 0.3) is 5.22 Å². The molecule has 102 valence electrons. The SMILES string of the molecule is Cc1cc(CSc2ncc(-c3ccc(F)cc3)o2)on1. The van der Waals surface area contributed by atoms with Gasteiger partial charge in [-0.2, -0.15) is 0 Å². The molecule has 2 aromatic heterocycles. The normalized spacial score (nSPS) is 10.9. The summed E-state index contributed by atoms with van der Waals surface area (Å²) in [5, 5.41) is 4.36. The van der Waals surface area contributed by atoms with Crippen molar-refractivity contribution in [2.45, 2.75) is 17.9 Å². The van der Waals surface area contributed by atoms with Crippen LogP contribution in [0.4, 0.5) is 4.39 Å². The van der Waals surface area contributed by atoms with Gasteiger partial charge >= 0.3 is 0 Å². The molecule has 0 radical (unpaired) electrons. The fraction of sp³-hybridized carbons (Fsp3) is 0.143. The van der Waals surface area contributed by atoms with Crippen LogP contribution in [-0.2, 0) is 5.75 Å². The monoisotopic (exact) mass is 290 g/mol. The number of hydrogen-bond acceptors (Lipinski definition) is 5. The molecule has 0 atom stereocenters. The third-order valence-electron chi connectivity index (χ3n) is 2.63. The van der Waals surface area contributed by atoms with Gasteiger partial charge < -0.3 is 8.94 Å².